The van der Waals surface area contributed by atoms with Gasteiger partial charge in [0, 0.05) is 38.5 Å². The van der Waals surface area contributed by atoms with E-state index in [1.165, 1.54) is 0 Å². The number of sulfonamides is 1. The maximum absolute atomic E-state index is 12.0. The van der Waals surface area contributed by atoms with Gasteiger partial charge in [-0.1, -0.05) is 24.3 Å². The Hall–Kier alpha value is -1.48. The van der Waals surface area contributed by atoms with Crippen LogP contribution in [-0.4, -0.2) is 56.8 Å². The number of nitrogens with zero attached hydrogens (tertiary/aromatic N) is 1. The van der Waals surface area contributed by atoms with Crippen molar-refractivity contribution in [3.63, 3.8) is 0 Å². The van der Waals surface area contributed by atoms with Gasteiger partial charge < -0.3 is 15.3 Å². The number of benzene rings is 1. The zero-order valence-electron chi connectivity index (χ0n) is 14.0. The van der Waals surface area contributed by atoms with Gasteiger partial charge in [0.25, 0.3) is 0 Å². The summed E-state index contributed by atoms with van der Waals surface area (Å²) in [5.41, 5.74) is 1.74. The standard InChI is InChI=1S/C16H25N3O4S/c1-19-10-14(15(20)11-19)7-16(21)17-8-12-4-3-5-13(6-12)9-18-24(2,22)23/h3-6,14-15,18,20H,7-11H2,1-2H3,(H,17,21)/t14-,15-/m1/s1. The Balaban J connectivity index is 1.82. The lowest BCUT2D eigenvalue weighted by atomic mass is 10.0. The fourth-order valence-electron chi connectivity index (χ4n) is 2.84. The topological polar surface area (TPSA) is 98.7 Å². The normalized spacial score (nSPS) is 21.8. The van der Waals surface area contributed by atoms with Gasteiger partial charge >= 0.3 is 0 Å². The molecule has 0 unspecified atom stereocenters. The Morgan fingerprint density at radius 1 is 1.29 bits per heavy atom. The van der Waals surface area contributed by atoms with Crippen molar-refractivity contribution in [2.45, 2.75) is 25.6 Å². The Morgan fingerprint density at radius 2 is 1.96 bits per heavy atom. The highest BCUT2D eigenvalue weighted by atomic mass is 32.2. The molecular weight excluding hydrogens is 330 g/mol. The number of hydrogen-bond donors (Lipinski definition) is 3. The van der Waals surface area contributed by atoms with Gasteiger partial charge in [-0.15, -0.1) is 0 Å². The highest BCUT2D eigenvalue weighted by Crippen LogP contribution is 2.18. The van der Waals surface area contributed by atoms with E-state index in [0.717, 1.165) is 23.9 Å². The molecule has 2 rings (SSSR count). The number of carbonyl (C=O) groups excluding carboxylic acids is 1. The third kappa shape index (κ3) is 6.20. The van der Waals surface area contributed by atoms with Crippen molar-refractivity contribution in [2.24, 2.45) is 5.92 Å². The van der Waals surface area contributed by atoms with Crippen molar-refractivity contribution in [3.8, 4) is 0 Å². The minimum Gasteiger partial charge on any atom is -0.391 e. The molecule has 0 aromatic heterocycles. The van der Waals surface area contributed by atoms with Crippen LogP contribution in [0.1, 0.15) is 17.5 Å². The Bertz CT molecular complexity index is 678. The lowest BCUT2D eigenvalue weighted by Crippen LogP contribution is -2.29. The Kier molecular flexibility index (Phi) is 6.34. The molecule has 1 aromatic carbocycles. The molecule has 1 saturated heterocycles. The zero-order valence-corrected chi connectivity index (χ0v) is 14.8. The molecule has 1 aliphatic rings. The molecule has 8 heteroatoms. The minimum atomic E-state index is -3.23. The highest BCUT2D eigenvalue weighted by Gasteiger charge is 2.30. The van der Waals surface area contributed by atoms with E-state index in [1.54, 1.807) is 0 Å². The van der Waals surface area contributed by atoms with Gasteiger partial charge in [0.05, 0.1) is 12.4 Å². The van der Waals surface area contributed by atoms with Crippen molar-refractivity contribution >= 4 is 15.9 Å². The molecule has 24 heavy (non-hydrogen) atoms. The van der Waals surface area contributed by atoms with E-state index < -0.39 is 16.1 Å². The number of β-amino-alcohol motifs (C(OH)–C–C–N with tert-alkyl or cyclic N) is 1. The van der Waals surface area contributed by atoms with Crippen molar-refractivity contribution in [1.29, 1.82) is 0 Å². The largest absolute Gasteiger partial charge is 0.391 e. The molecule has 1 amide bonds. The molecule has 0 saturated carbocycles. The monoisotopic (exact) mass is 355 g/mol. The summed E-state index contributed by atoms with van der Waals surface area (Å²) in [6, 6.07) is 7.39. The van der Waals surface area contributed by atoms with Crippen LogP contribution in [0.4, 0.5) is 0 Å². The van der Waals surface area contributed by atoms with Crippen LogP contribution >= 0.6 is 0 Å². The maximum Gasteiger partial charge on any atom is 0.220 e. The Labute approximate surface area is 143 Å². The minimum absolute atomic E-state index is 0.0275. The van der Waals surface area contributed by atoms with E-state index in [0.29, 0.717) is 19.5 Å². The van der Waals surface area contributed by atoms with E-state index in [2.05, 4.69) is 10.0 Å². The summed E-state index contributed by atoms with van der Waals surface area (Å²) in [6.07, 6.45) is 0.971. The smallest absolute Gasteiger partial charge is 0.220 e. The molecule has 2 atom stereocenters. The number of likely N-dealkylation sites (tertiary alicyclic amines) is 1. The first-order chi connectivity index (χ1) is 11.2. The van der Waals surface area contributed by atoms with E-state index >= 15 is 0 Å². The third-order valence-electron chi connectivity index (χ3n) is 4.06. The number of rotatable bonds is 7. The summed E-state index contributed by atoms with van der Waals surface area (Å²) in [7, 11) is -1.30. The van der Waals surface area contributed by atoms with Crippen LogP contribution in [0.15, 0.2) is 24.3 Å². The Morgan fingerprint density at radius 3 is 2.54 bits per heavy atom. The number of aliphatic hydroxyl groups is 1. The average molecular weight is 355 g/mol. The summed E-state index contributed by atoms with van der Waals surface area (Å²) in [5.74, 6) is -0.116. The van der Waals surface area contributed by atoms with Gasteiger partial charge in [0.15, 0.2) is 0 Å². The van der Waals surface area contributed by atoms with Gasteiger partial charge in [-0.25, -0.2) is 13.1 Å². The number of carbonyl (C=O) groups is 1. The third-order valence-corrected chi connectivity index (χ3v) is 4.72. The average Bonchev–Trinajstić information content (AvgIpc) is 2.80. The summed E-state index contributed by atoms with van der Waals surface area (Å²) in [5, 5.41) is 12.7. The molecule has 1 fully saturated rings. The fraction of sp³-hybridized carbons (Fsp3) is 0.562. The first-order valence-electron chi connectivity index (χ1n) is 7.88. The number of likely N-dealkylation sites (N-methyl/N-ethyl adjacent to an activating group) is 1. The molecule has 1 heterocycles. The molecule has 134 valence electrons. The molecule has 3 N–H and O–H groups in total. The SMILES string of the molecule is CN1C[C@@H](CC(=O)NCc2cccc(CNS(C)(=O)=O)c2)[C@H](O)C1. The summed E-state index contributed by atoms with van der Waals surface area (Å²) < 4.78 is 24.7. The van der Waals surface area contributed by atoms with Crippen LogP contribution < -0.4 is 10.0 Å². The van der Waals surface area contributed by atoms with Crippen molar-refractivity contribution in [3.05, 3.63) is 35.4 Å². The van der Waals surface area contributed by atoms with E-state index in [1.807, 2.05) is 36.2 Å². The zero-order chi connectivity index (χ0) is 17.7. The maximum atomic E-state index is 12.0. The molecule has 7 nitrogen and oxygen atoms in total. The van der Waals surface area contributed by atoms with E-state index in [-0.39, 0.29) is 18.4 Å². The predicted octanol–water partition coefficient (Wildman–Crippen LogP) is -0.335. The number of hydrogen-bond acceptors (Lipinski definition) is 5. The van der Waals surface area contributed by atoms with Crippen LogP contribution in [0, 0.1) is 5.92 Å². The first kappa shape index (κ1) is 18.9. The molecule has 0 spiro atoms. The summed E-state index contributed by atoms with van der Waals surface area (Å²) >= 11 is 0. The lowest BCUT2D eigenvalue weighted by Gasteiger charge is -2.13. The van der Waals surface area contributed by atoms with Gasteiger partial charge in [-0.3, -0.25) is 4.79 Å². The van der Waals surface area contributed by atoms with Gasteiger partial charge in [0.2, 0.25) is 15.9 Å². The summed E-state index contributed by atoms with van der Waals surface area (Å²) in [6.45, 7) is 1.93. The second-order valence-electron chi connectivity index (χ2n) is 6.44. The lowest BCUT2D eigenvalue weighted by molar-refractivity contribution is -0.122. The van der Waals surface area contributed by atoms with Crippen molar-refractivity contribution in [2.75, 3.05) is 26.4 Å². The van der Waals surface area contributed by atoms with Crippen LogP contribution in [0.25, 0.3) is 0 Å². The number of nitrogens with one attached hydrogen (secondary N) is 2. The summed E-state index contributed by atoms with van der Waals surface area (Å²) in [4.78, 5) is 14.0. The molecule has 1 aliphatic heterocycles. The second-order valence-corrected chi connectivity index (χ2v) is 8.28. The molecule has 0 bridgehead atoms. The first-order valence-corrected chi connectivity index (χ1v) is 9.78. The molecule has 0 aliphatic carbocycles. The van der Waals surface area contributed by atoms with Gasteiger partial charge in [0.1, 0.15) is 0 Å². The van der Waals surface area contributed by atoms with Crippen LogP contribution in [0.5, 0.6) is 0 Å². The highest BCUT2D eigenvalue weighted by molar-refractivity contribution is 7.88. The van der Waals surface area contributed by atoms with Crippen molar-refractivity contribution in [1.82, 2.24) is 14.9 Å². The fourth-order valence-corrected chi connectivity index (χ4v) is 3.27. The van der Waals surface area contributed by atoms with Crippen LogP contribution in [0.2, 0.25) is 0 Å². The van der Waals surface area contributed by atoms with E-state index in [4.69, 9.17) is 0 Å². The van der Waals surface area contributed by atoms with Crippen molar-refractivity contribution < 1.29 is 18.3 Å². The van der Waals surface area contributed by atoms with Gasteiger partial charge in [-0.2, -0.15) is 0 Å². The quantitative estimate of drug-likeness (QED) is 0.622. The van der Waals surface area contributed by atoms with Gasteiger partial charge in [-0.05, 0) is 18.2 Å². The van der Waals surface area contributed by atoms with E-state index in [9.17, 15) is 18.3 Å². The van der Waals surface area contributed by atoms with Crippen LogP contribution in [0.3, 0.4) is 0 Å². The molecule has 1 aromatic rings. The molecule has 0 radical (unpaired) electrons. The second kappa shape index (κ2) is 8.06. The number of aliphatic hydroxyl groups excluding tert-OH is 1. The number of amides is 1. The van der Waals surface area contributed by atoms with Crippen LogP contribution in [-0.2, 0) is 27.9 Å². The molecular formula is C16H25N3O4S. The predicted molar refractivity (Wildman–Crippen MR) is 91.6 cm³/mol.